The highest BCUT2D eigenvalue weighted by Crippen LogP contribution is 2.49. The molecule has 0 aromatic rings. The Balaban J connectivity index is 0. The quantitative estimate of drug-likeness (QED) is 0.221. The van der Waals surface area contributed by atoms with E-state index in [2.05, 4.69) is 69.9 Å². The van der Waals surface area contributed by atoms with E-state index in [9.17, 15) is 8.78 Å². The van der Waals surface area contributed by atoms with Gasteiger partial charge in [0.05, 0.1) is 24.4 Å². The Morgan fingerprint density at radius 3 is 1.54 bits per heavy atom. The minimum atomic E-state index is -1.28. The van der Waals surface area contributed by atoms with Crippen LogP contribution in [0.5, 0.6) is 0 Å². The summed E-state index contributed by atoms with van der Waals surface area (Å²) in [6.07, 6.45) is -3.69. The van der Waals surface area contributed by atoms with Crippen LogP contribution in [-0.2, 0) is 23.0 Å². The van der Waals surface area contributed by atoms with Crippen molar-refractivity contribution in [2.45, 2.75) is 169 Å². The van der Waals surface area contributed by atoms with Gasteiger partial charge in [-0.3, -0.25) is 0 Å². The van der Waals surface area contributed by atoms with Crippen LogP contribution in [0.4, 0.5) is 8.78 Å². The van der Waals surface area contributed by atoms with Crippen LogP contribution in [0.25, 0.3) is 0 Å². The number of hydrogen-bond donors (Lipinski definition) is 2. The molecule has 2 N–H and O–H groups in total. The summed E-state index contributed by atoms with van der Waals surface area (Å²) in [4.78, 5) is 0. The van der Waals surface area contributed by atoms with E-state index in [1.807, 2.05) is 13.8 Å². The Bertz CT molecular complexity index is 618. The lowest BCUT2D eigenvalue weighted by molar-refractivity contribution is 0.0144. The maximum absolute atomic E-state index is 14.3. The SMILES string of the molecule is CC(C)NC(C)C.CC[C@H]1O[C@@H](C)[C@@H](F)C1O.CC[C@H]1O[C@@H](C)[C@@H](F)C1OP(OC)N(C(C)C)C(C)C.COPCl. The van der Waals surface area contributed by atoms with Crippen LogP contribution in [0.15, 0.2) is 0 Å². The second-order valence-electron chi connectivity index (χ2n) is 11.3. The van der Waals surface area contributed by atoms with Gasteiger partial charge >= 0.3 is 0 Å². The lowest BCUT2D eigenvalue weighted by atomic mass is 10.1. The van der Waals surface area contributed by atoms with Crippen molar-refractivity contribution in [3.8, 4) is 0 Å². The summed E-state index contributed by atoms with van der Waals surface area (Å²) in [6.45, 7) is 24.2. The third-order valence-corrected chi connectivity index (χ3v) is 8.88. The van der Waals surface area contributed by atoms with Crippen LogP contribution < -0.4 is 5.32 Å². The highest BCUT2D eigenvalue weighted by atomic mass is 35.7. The molecule has 2 aliphatic rings. The Morgan fingerprint density at radius 2 is 1.29 bits per heavy atom. The zero-order valence-corrected chi connectivity index (χ0v) is 30.5. The van der Waals surface area contributed by atoms with Gasteiger partial charge in [-0.05, 0) is 54.4 Å². The van der Waals surface area contributed by atoms with Crippen molar-refractivity contribution in [2.24, 2.45) is 0 Å². The third kappa shape index (κ3) is 17.1. The molecule has 2 heterocycles. The van der Waals surface area contributed by atoms with Crippen molar-refractivity contribution in [3.63, 3.8) is 0 Å². The van der Waals surface area contributed by atoms with Gasteiger partial charge in [-0.15, -0.1) is 0 Å². The molecule has 0 aromatic heterocycles. The maximum Gasteiger partial charge on any atom is 0.259 e. The molecular formula is C28H61ClF2N2O6P2. The number of nitrogens with one attached hydrogen (secondary N) is 1. The molecule has 0 spiro atoms. The second-order valence-corrected chi connectivity index (χ2v) is 13.8. The average Bonchev–Trinajstić information content (AvgIpc) is 3.31. The van der Waals surface area contributed by atoms with Gasteiger partial charge in [0.1, 0.15) is 20.4 Å². The highest BCUT2D eigenvalue weighted by molar-refractivity contribution is 7.64. The van der Waals surface area contributed by atoms with Gasteiger partial charge in [-0.1, -0.05) is 52.8 Å². The molecule has 8 nitrogen and oxygen atoms in total. The van der Waals surface area contributed by atoms with Crippen molar-refractivity contribution < 1.29 is 36.9 Å². The van der Waals surface area contributed by atoms with Crippen molar-refractivity contribution in [1.29, 1.82) is 0 Å². The average molecular weight is 657 g/mol. The molecule has 2 rings (SSSR count). The number of alkyl halides is 2. The summed E-state index contributed by atoms with van der Waals surface area (Å²) in [6, 6.07) is 1.80. The molecule has 0 radical (unpaired) electrons. The number of aliphatic hydroxyl groups is 1. The zero-order valence-electron chi connectivity index (χ0n) is 27.9. The summed E-state index contributed by atoms with van der Waals surface area (Å²) < 4.78 is 55.8. The molecule has 4 unspecified atom stereocenters. The lowest BCUT2D eigenvalue weighted by Crippen LogP contribution is -2.37. The first-order valence-electron chi connectivity index (χ1n) is 14.7. The maximum atomic E-state index is 14.3. The third-order valence-electron chi connectivity index (χ3n) is 6.23. The standard InChI is InChI=1S/C14H29FNO3P.C7H13FO2.C6H15N.CH4ClOP/c1-8-12-14(13(15)11(6)18-12)19-20(17-7)16(9(2)3)10(4)5;1-3-5-7(9)6(8)4(2)10-5;1-5(2)7-6(3)4;1-3-4-2/h9-14H,8H2,1-7H3;4-7,9H,3H2,1-2H3;5-7H,1-4H3;4H,1H3/t11-,12+,13+,14?,20?;4-,5+,6+,7?;;/m00../s1. The predicted octanol–water partition coefficient (Wildman–Crippen LogP) is 7.55. The normalized spacial score (nSPS) is 30.5. The molecule has 2 aliphatic heterocycles. The monoisotopic (exact) mass is 656 g/mol. The van der Waals surface area contributed by atoms with E-state index >= 15 is 0 Å². The number of rotatable bonds is 11. The molecule has 0 aliphatic carbocycles. The van der Waals surface area contributed by atoms with Crippen LogP contribution in [0.2, 0.25) is 0 Å². The summed E-state index contributed by atoms with van der Waals surface area (Å²) in [5.74, 6) is 0. The molecule has 0 saturated carbocycles. The molecule has 250 valence electrons. The van der Waals surface area contributed by atoms with E-state index in [1.165, 1.54) is 0 Å². The first-order chi connectivity index (χ1) is 19.0. The van der Waals surface area contributed by atoms with Crippen molar-refractivity contribution in [3.05, 3.63) is 0 Å². The van der Waals surface area contributed by atoms with Crippen LogP contribution in [0.3, 0.4) is 0 Å². The van der Waals surface area contributed by atoms with Crippen LogP contribution in [0, 0.1) is 0 Å². The fraction of sp³-hybridized carbons (Fsp3) is 1.00. The van der Waals surface area contributed by atoms with Gasteiger partial charge in [0, 0.05) is 38.4 Å². The van der Waals surface area contributed by atoms with Crippen molar-refractivity contribution in [1.82, 2.24) is 9.99 Å². The number of ether oxygens (including phenoxy) is 2. The van der Waals surface area contributed by atoms with Gasteiger partial charge in [0.25, 0.3) is 8.53 Å². The molecule has 2 fully saturated rings. The molecule has 0 bridgehead atoms. The van der Waals surface area contributed by atoms with E-state index < -0.39 is 45.3 Å². The Morgan fingerprint density at radius 1 is 0.878 bits per heavy atom. The summed E-state index contributed by atoms with van der Waals surface area (Å²) in [5.41, 5.74) is 0. The lowest BCUT2D eigenvalue weighted by Gasteiger charge is -2.37. The highest BCUT2D eigenvalue weighted by Gasteiger charge is 2.45. The minimum Gasteiger partial charge on any atom is -0.387 e. The van der Waals surface area contributed by atoms with E-state index in [4.69, 9.17) is 34.9 Å². The van der Waals surface area contributed by atoms with E-state index in [-0.39, 0.29) is 32.5 Å². The number of halogens is 3. The van der Waals surface area contributed by atoms with Gasteiger partial charge in [-0.2, -0.15) is 0 Å². The first kappa shape index (κ1) is 43.8. The molecule has 41 heavy (non-hydrogen) atoms. The molecule has 10 atom stereocenters. The number of hydrogen-bond acceptors (Lipinski definition) is 8. The van der Waals surface area contributed by atoms with E-state index in [0.29, 0.717) is 18.5 Å². The number of nitrogens with zero attached hydrogens (tertiary/aromatic N) is 1. The summed E-state index contributed by atoms with van der Waals surface area (Å²) >= 11 is 4.99. The van der Waals surface area contributed by atoms with Gasteiger partial charge in [0.15, 0.2) is 12.3 Å². The topological polar surface area (TPSA) is 81.7 Å². The Labute approximate surface area is 257 Å². The second kappa shape index (κ2) is 24.0. The molecule has 13 heteroatoms. The van der Waals surface area contributed by atoms with Crippen LogP contribution in [0.1, 0.15) is 95.9 Å². The van der Waals surface area contributed by atoms with Gasteiger partial charge < -0.3 is 33.5 Å². The largest absolute Gasteiger partial charge is 0.387 e. The molecule has 0 amide bonds. The molecular weight excluding hydrogens is 596 g/mol. The summed E-state index contributed by atoms with van der Waals surface area (Å²) in [7, 11) is 2.02. The van der Waals surface area contributed by atoms with E-state index in [1.54, 1.807) is 28.1 Å². The minimum absolute atomic E-state index is 0.113. The van der Waals surface area contributed by atoms with Crippen LogP contribution >= 0.6 is 27.9 Å². The molecule has 0 aromatic carbocycles. The van der Waals surface area contributed by atoms with Crippen molar-refractivity contribution >= 4 is 27.9 Å². The number of aliphatic hydroxyl groups excluding tert-OH is 1. The van der Waals surface area contributed by atoms with Gasteiger partial charge in [-0.25, -0.2) is 13.5 Å². The van der Waals surface area contributed by atoms with Crippen LogP contribution in [-0.4, -0.2) is 97.1 Å². The Kier molecular flexibility index (Phi) is 25.6. The fourth-order valence-electron chi connectivity index (χ4n) is 4.54. The predicted molar refractivity (Wildman–Crippen MR) is 171 cm³/mol. The summed E-state index contributed by atoms with van der Waals surface area (Å²) in [5, 5.41) is 12.4. The molecule has 2 saturated heterocycles. The van der Waals surface area contributed by atoms with Gasteiger partial charge in [0.2, 0.25) is 0 Å². The Hall–Kier alpha value is 0.690. The van der Waals surface area contributed by atoms with E-state index in [0.717, 1.165) is 6.42 Å². The van der Waals surface area contributed by atoms with Crippen molar-refractivity contribution in [2.75, 3.05) is 14.2 Å². The smallest absolute Gasteiger partial charge is 0.259 e. The fourth-order valence-corrected chi connectivity index (χ4v) is 6.14. The zero-order chi connectivity index (χ0) is 32.4. The first-order valence-corrected chi connectivity index (χ1v) is 17.8.